The first-order chi connectivity index (χ1) is 10.1. The van der Waals surface area contributed by atoms with E-state index in [1.165, 1.54) is 12.5 Å². The van der Waals surface area contributed by atoms with Crippen molar-refractivity contribution >= 4 is 11.8 Å². The molecule has 0 radical (unpaired) electrons. The normalized spacial score (nSPS) is 18.2. The second-order valence-corrected chi connectivity index (χ2v) is 5.62. The zero-order chi connectivity index (χ0) is 15.3. The van der Waals surface area contributed by atoms with E-state index in [1.807, 2.05) is 18.2 Å². The average Bonchev–Trinajstić information content (AvgIpc) is 2.49. The molecule has 0 amide bonds. The molecule has 1 saturated heterocycles. The summed E-state index contributed by atoms with van der Waals surface area (Å²) in [6, 6.07) is 10.2. The van der Waals surface area contributed by atoms with Crippen molar-refractivity contribution in [2.75, 3.05) is 19.7 Å². The molecule has 0 N–H and O–H groups in total. The predicted molar refractivity (Wildman–Crippen MR) is 80.7 cm³/mol. The summed E-state index contributed by atoms with van der Waals surface area (Å²) in [5.41, 5.74) is 0.326. The number of ketones is 1. The Hall–Kier alpha value is -1.68. The third kappa shape index (κ3) is 3.50. The van der Waals surface area contributed by atoms with Gasteiger partial charge in [-0.1, -0.05) is 30.3 Å². The van der Waals surface area contributed by atoms with Gasteiger partial charge >= 0.3 is 5.97 Å². The summed E-state index contributed by atoms with van der Waals surface area (Å²) in [7, 11) is 0. The Bertz CT molecular complexity index is 490. The fourth-order valence-corrected chi connectivity index (χ4v) is 2.90. The molecule has 0 unspecified atom stereocenters. The van der Waals surface area contributed by atoms with Crippen LogP contribution in [0, 0.1) is 5.41 Å². The van der Waals surface area contributed by atoms with E-state index in [0.717, 1.165) is 19.6 Å². The smallest absolute Gasteiger partial charge is 0.319 e. The summed E-state index contributed by atoms with van der Waals surface area (Å²) < 4.78 is 5.12. The Morgan fingerprint density at radius 3 is 2.33 bits per heavy atom. The van der Waals surface area contributed by atoms with Crippen LogP contribution in [-0.4, -0.2) is 36.3 Å². The topological polar surface area (TPSA) is 46.6 Å². The zero-order valence-corrected chi connectivity index (χ0v) is 12.8. The van der Waals surface area contributed by atoms with Crippen LogP contribution in [0.5, 0.6) is 0 Å². The molecule has 2 rings (SSSR count). The Morgan fingerprint density at radius 1 is 1.19 bits per heavy atom. The van der Waals surface area contributed by atoms with Crippen molar-refractivity contribution in [3.63, 3.8) is 0 Å². The first-order valence-corrected chi connectivity index (χ1v) is 7.53. The third-order valence-electron chi connectivity index (χ3n) is 4.30. The van der Waals surface area contributed by atoms with Crippen molar-refractivity contribution in [2.24, 2.45) is 5.41 Å². The minimum atomic E-state index is -0.927. The highest BCUT2D eigenvalue weighted by atomic mass is 16.5. The summed E-state index contributed by atoms with van der Waals surface area (Å²) >= 11 is 0. The molecule has 1 heterocycles. The van der Waals surface area contributed by atoms with Gasteiger partial charge in [-0.3, -0.25) is 14.5 Å². The van der Waals surface area contributed by atoms with Crippen LogP contribution in [0.2, 0.25) is 0 Å². The average molecular weight is 289 g/mol. The van der Waals surface area contributed by atoms with E-state index in [2.05, 4.69) is 17.0 Å². The number of esters is 1. The maximum absolute atomic E-state index is 12.2. The van der Waals surface area contributed by atoms with Crippen molar-refractivity contribution in [2.45, 2.75) is 33.2 Å². The number of piperidine rings is 1. The summed E-state index contributed by atoms with van der Waals surface area (Å²) in [6.07, 6.45) is 1.10. The van der Waals surface area contributed by atoms with E-state index in [4.69, 9.17) is 4.74 Å². The van der Waals surface area contributed by atoms with Gasteiger partial charge in [0.2, 0.25) is 0 Å². The minimum Gasteiger partial charge on any atom is -0.465 e. The molecule has 1 fully saturated rings. The molecular weight excluding hydrogens is 266 g/mol. The summed E-state index contributed by atoms with van der Waals surface area (Å²) in [5, 5.41) is 0. The Labute approximate surface area is 126 Å². The van der Waals surface area contributed by atoms with Crippen LogP contribution < -0.4 is 0 Å². The van der Waals surface area contributed by atoms with Crippen molar-refractivity contribution in [1.82, 2.24) is 4.90 Å². The SMILES string of the molecule is CCOC(=O)C1(C(C)=O)CCN(Cc2ccccc2)CC1. The number of carbonyl (C=O) groups excluding carboxylic acids is 2. The number of benzene rings is 1. The van der Waals surface area contributed by atoms with Crippen molar-refractivity contribution < 1.29 is 14.3 Å². The summed E-state index contributed by atoms with van der Waals surface area (Å²) in [5.74, 6) is -0.419. The molecule has 0 bridgehead atoms. The Balaban J connectivity index is 2.00. The van der Waals surface area contributed by atoms with Gasteiger partial charge < -0.3 is 4.74 Å². The molecule has 4 heteroatoms. The van der Waals surface area contributed by atoms with Gasteiger partial charge in [0.1, 0.15) is 11.2 Å². The molecule has 0 spiro atoms. The highest BCUT2D eigenvalue weighted by Crippen LogP contribution is 2.34. The molecule has 0 aromatic heterocycles. The van der Waals surface area contributed by atoms with Crippen LogP contribution >= 0.6 is 0 Å². The van der Waals surface area contributed by atoms with Crippen molar-refractivity contribution in [1.29, 1.82) is 0 Å². The van der Waals surface area contributed by atoms with E-state index in [9.17, 15) is 9.59 Å². The first kappa shape index (κ1) is 15.7. The van der Waals surface area contributed by atoms with Crippen molar-refractivity contribution in [3.05, 3.63) is 35.9 Å². The van der Waals surface area contributed by atoms with Crippen LogP contribution in [0.1, 0.15) is 32.3 Å². The van der Waals surface area contributed by atoms with Crippen molar-refractivity contribution in [3.8, 4) is 0 Å². The molecular formula is C17H23NO3. The van der Waals surface area contributed by atoms with E-state index in [1.54, 1.807) is 6.92 Å². The maximum atomic E-state index is 12.2. The lowest BCUT2D eigenvalue weighted by atomic mass is 9.75. The highest BCUT2D eigenvalue weighted by Gasteiger charge is 2.46. The third-order valence-corrected chi connectivity index (χ3v) is 4.30. The molecule has 4 nitrogen and oxygen atoms in total. The van der Waals surface area contributed by atoms with Gasteiger partial charge in [0.25, 0.3) is 0 Å². The number of nitrogens with zero attached hydrogens (tertiary/aromatic N) is 1. The molecule has 114 valence electrons. The maximum Gasteiger partial charge on any atom is 0.319 e. The van der Waals surface area contributed by atoms with E-state index in [0.29, 0.717) is 19.4 Å². The number of likely N-dealkylation sites (tertiary alicyclic amines) is 1. The molecule has 21 heavy (non-hydrogen) atoms. The molecule has 1 aliphatic rings. The second kappa shape index (κ2) is 6.85. The molecule has 0 saturated carbocycles. The Kier molecular flexibility index (Phi) is 5.12. The van der Waals surface area contributed by atoms with Gasteiger partial charge in [-0.25, -0.2) is 0 Å². The molecule has 1 aliphatic heterocycles. The van der Waals surface area contributed by atoms with Gasteiger partial charge in [0.15, 0.2) is 0 Å². The van der Waals surface area contributed by atoms with Gasteiger partial charge in [-0.2, -0.15) is 0 Å². The number of hydrogen-bond donors (Lipinski definition) is 0. The van der Waals surface area contributed by atoms with Crippen LogP contribution in [0.15, 0.2) is 30.3 Å². The van der Waals surface area contributed by atoms with E-state index in [-0.39, 0.29) is 11.8 Å². The number of carbonyl (C=O) groups is 2. The monoisotopic (exact) mass is 289 g/mol. The Morgan fingerprint density at radius 2 is 1.81 bits per heavy atom. The number of rotatable bonds is 5. The minimum absolute atomic E-state index is 0.0692. The summed E-state index contributed by atoms with van der Waals surface area (Å²) in [6.45, 7) is 5.94. The zero-order valence-electron chi connectivity index (χ0n) is 12.8. The highest BCUT2D eigenvalue weighted by molar-refractivity contribution is 6.02. The lowest BCUT2D eigenvalue weighted by Crippen LogP contribution is -2.48. The summed E-state index contributed by atoms with van der Waals surface area (Å²) in [4.78, 5) is 26.4. The standard InChI is InChI=1S/C17H23NO3/c1-3-21-16(20)17(14(2)19)9-11-18(12-10-17)13-15-7-5-4-6-8-15/h4-8H,3,9-13H2,1-2H3. The number of ether oxygens (including phenoxy) is 1. The van der Waals surface area contributed by atoms with Crippen LogP contribution in [0.25, 0.3) is 0 Å². The van der Waals surface area contributed by atoms with Gasteiger partial charge in [0, 0.05) is 19.6 Å². The quantitative estimate of drug-likeness (QED) is 0.617. The van der Waals surface area contributed by atoms with E-state index < -0.39 is 5.41 Å². The van der Waals surface area contributed by atoms with Gasteiger partial charge in [0.05, 0.1) is 6.61 Å². The molecule has 0 atom stereocenters. The predicted octanol–water partition coefficient (Wildman–Crippen LogP) is 2.42. The second-order valence-electron chi connectivity index (χ2n) is 5.62. The molecule has 0 aliphatic carbocycles. The molecule has 1 aromatic carbocycles. The van der Waals surface area contributed by atoms with Crippen LogP contribution in [0.4, 0.5) is 0 Å². The molecule has 1 aromatic rings. The fourth-order valence-electron chi connectivity index (χ4n) is 2.90. The van der Waals surface area contributed by atoms with Crippen LogP contribution in [0.3, 0.4) is 0 Å². The number of Topliss-reactive ketones (excluding diaryl/α,β-unsaturated/α-hetero) is 1. The van der Waals surface area contributed by atoms with Crippen LogP contribution in [-0.2, 0) is 20.9 Å². The lowest BCUT2D eigenvalue weighted by molar-refractivity contribution is -0.163. The fraction of sp³-hybridized carbons (Fsp3) is 0.529. The first-order valence-electron chi connectivity index (χ1n) is 7.53. The van der Waals surface area contributed by atoms with Gasteiger partial charge in [-0.05, 0) is 32.3 Å². The number of hydrogen-bond acceptors (Lipinski definition) is 4. The van der Waals surface area contributed by atoms with E-state index >= 15 is 0 Å². The van der Waals surface area contributed by atoms with Gasteiger partial charge in [-0.15, -0.1) is 0 Å². The lowest BCUT2D eigenvalue weighted by Gasteiger charge is -2.38. The largest absolute Gasteiger partial charge is 0.465 e.